The quantitative estimate of drug-likeness (QED) is 0.0947. The largest absolute Gasteiger partial charge is 0.352 e. The van der Waals surface area contributed by atoms with Crippen molar-refractivity contribution in [2.24, 2.45) is 11.7 Å². The van der Waals surface area contributed by atoms with Crippen LogP contribution in [-0.4, -0.2) is 69.4 Å². The number of unbranched alkanes of at least 4 members (excludes halogenated alkanes) is 2. The van der Waals surface area contributed by atoms with Crippen molar-refractivity contribution in [1.29, 1.82) is 0 Å². The molecule has 0 saturated carbocycles. The summed E-state index contributed by atoms with van der Waals surface area (Å²) in [5.41, 5.74) is 5.01. The third-order valence-corrected chi connectivity index (χ3v) is 6.49. The number of nitrogens with two attached hydrogens (primary N) is 1. The Bertz CT molecular complexity index is 775. The van der Waals surface area contributed by atoms with Crippen LogP contribution in [0.25, 0.3) is 0 Å². The van der Waals surface area contributed by atoms with Gasteiger partial charge in [-0.25, -0.2) is 4.79 Å². The van der Waals surface area contributed by atoms with Crippen LogP contribution in [0.1, 0.15) is 65.7 Å². The molecule has 3 atom stereocenters. The first-order chi connectivity index (χ1) is 15.9. The second-order valence-corrected chi connectivity index (χ2v) is 10.3. The van der Waals surface area contributed by atoms with Crippen LogP contribution in [0.15, 0.2) is 0 Å². The van der Waals surface area contributed by atoms with Crippen molar-refractivity contribution in [3.63, 3.8) is 0 Å². The second kappa shape index (κ2) is 14.9. The van der Waals surface area contributed by atoms with Crippen LogP contribution in [0, 0.1) is 5.92 Å². The van der Waals surface area contributed by atoms with Gasteiger partial charge in [0.05, 0.1) is 9.97 Å². The van der Waals surface area contributed by atoms with Crippen LogP contribution in [0.4, 0.5) is 4.79 Å². The number of ketones is 1. The number of nitrogens with one attached hydrogen (secondary N) is 3. The molecule has 34 heavy (non-hydrogen) atoms. The van der Waals surface area contributed by atoms with Gasteiger partial charge in [0, 0.05) is 25.9 Å². The van der Waals surface area contributed by atoms with Crippen LogP contribution in [0.5, 0.6) is 0 Å². The molecular weight excluding hydrogens is 557 g/mol. The summed E-state index contributed by atoms with van der Waals surface area (Å²) in [6.45, 7) is 5.62. The van der Waals surface area contributed by atoms with Crippen molar-refractivity contribution in [2.75, 3.05) is 13.1 Å². The molecule has 6 amide bonds. The van der Waals surface area contributed by atoms with Gasteiger partial charge in [-0.05, 0) is 38.5 Å². The standard InChI is InChI=1S/C22H36IN5O6/c1-13(2)19(20(32)26-16(14(3)29)8-7-10-25-22(24)34)27-17(30)9-5-4-6-11-28-18(31)12-15(23)21(28)33/h13,15-16,19H,4-12H2,1-3H3,(H,26,32)(H,27,30)(H3,24,25,34)/t15?,16-,19-/m0/s1. The highest BCUT2D eigenvalue weighted by molar-refractivity contribution is 14.1. The summed E-state index contributed by atoms with van der Waals surface area (Å²) in [4.78, 5) is 72.8. The molecule has 12 heteroatoms. The van der Waals surface area contributed by atoms with Gasteiger partial charge >= 0.3 is 6.03 Å². The van der Waals surface area contributed by atoms with Crippen LogP contribution in [0.3, 0.4) is 0 Å². The van der Waals surface area contributed by atoms with E-state index in [0.29, 0.717) is 38.6 Å². The number of rotatable bonds is 15. The third-order valence-electron chi connectivity index (χ3n) is 5.52. The molecule has 1 aliphatic heterocycles. The third kappa shape index (κ3) is 10.3. The lowest BCUT2D eigenvalue weighted by atomic mass is 10.0. The average Bonchev–Trinajstić information content (AvgIpc) is 2.98. The van der Waals surface area contributed by atoms with E-state index in [2.05, 4.69) is 16.0 Å². The molecular formula is C22H36IN5O6. The molecule has 1 aliphatic rings. The molecule has 1 unspecified atom stereocenters. The van der Waals surface area contributed by atoms with Crippen molar-refractivity contribution in [3.8, 4) is 0 Å². The van der Waals surface area contributed by atoms with Crippen LogP contribution < -0.4 is 21.7 Å². The Hall–Kier alpha value is -2.25. The Labute approximate surface area is 213 Å². The number of Topliss-reactive ketones (excluding diaryl/α,β-unsaturated/α-hetero) is 1. The molecule has 0 aromatic rings. The summed E-state index contributed by atoms with van der Waals surface area (Å²) in [7, 11) is 0. The molecule has 0 aromatic carbocycles. The minimum atomic E-state index is -0.793. The minimum absolute atomic E-state index is 0.151. The Morgan fingerprint density at radius 2 is 1.76 bits per heavy atom. The SMILES string of the molecule is CC(=O)[C@H](CCCNC(N)=O)NC(=O)[C@@H](NC(=O)CCCCCN1C(=O)CC(I)C1=O)C(C)C. The van der Waals surface area contributed by atoms with Crippen molar-refractivity contribution in [2.45, 2.75) is 81.7 Å². The van der Waals surface area contributed by atoms with Gasteiger partial charge in [0.2, 0.25) is 23.6 Å². The van der Waals surface area contributed by atoms with E-state index in [-0.39, 0.29) is 52.7 Å². The smallest absolute Gasteiger partial charge is 0.312 e. The molecule has 0 aliphatic carbocycles. The number of hydrogen-bond acceptors (Lipinski definition) is 6. The van der Waals surface area contributed by atoms with Crippen molar-refractivity contribution < 1.29 is 28.8 Å². The van der Waals surface area contributed by atoms with E-state index in [0.717, 1.165) is 0 Å². The maximum atomic E-state index is 12.7. The summed E-state index contributed by atoms with van der Waals surface area (Å²) < 4.78 is -0.288. The van der Waals surface area contributed by atoms with Crippen molar-refractivity contribution in [1.82, 2.24) is 20.9 Å². The fourth-order valence-electron chi connectivity index (χ4n) is 3.55. The molecule has 1 fully saturated rings. The molecule has 0 spiro atoms. The van der Waals surface area contributed by atoms with Gasteiger partial charge in [-0.15, -0.1) is 0 Å². The number of alkyl halides is 1. The number of likely N-dealkylation sites (tertiary alicyclic amines) is 1. The maximum absolute atomic E-state index is 12.7. The van der Waals surface area contributed by atoms with E-state index >= 15 is 0 Å². The highest BCUT2D eigenvalue weighted by atomic mass is 127. The van der Waals surface area contributed by atoms with Crippen LogP contribution >= 0.6 is 22.6 Å². The van der Waals surface area contributed by atoms with Crippen molar-refractivity contribution in [3.05, 3.63) is 0 Å². The van der Waals surface area contributed by atoms with Gasteiger partial charge in [0.15, 0.2) is 5.78 Å². The topological polar surface area (TPSA) is 168 Å². The number of carbonyl (C=O) groups is 6. The summed E-state index contributed by atoms with van der Waals surface area (Å²) in [6, 6.07) is -2.17. The molecule has 1 saturated heterocycles. The van der Waals surface area contributed by atoms with E-state index in [1.54, 1.807) is 13.8 Å². The first-order valence-corrected chi connectivity index (χ1v) is 12.8. The van der Waals surface area contributed by atoms with Gasteiger partial charge < -0.3 is 21.7 Å². The molecule has 0 radical (unpaired) electrons. The first kappa shape index (κ1) is 29.8. The van der Waals surface area contributed by atoms with Gasteiger partial charge in [-0.1, -0.05) is 42.9 Å². The number of hydrogen-bond donors (Lipinski definition) is 4. The predicted octanol–water partition coefficient (Wildman–Crippen LogP) is 0.772. The minimum Gasteiger partial charge on any atom is -0.352 e. The monoisotopic (exact) mass is 593 g/mol. The summed E-state index contributed by atoms with van der Waals surface area (Å²) in [6.07, 6.45) is 3.09. The number of halogens is 1. The van der Waals surface area contributed by atoms with E-state index in [1.165, 1.54) is 11.8 Å². The zero-order valence-corrected chi connectivity index (χ0v) is 22.2. The van der Waals surface area contributed by atoms with Gasteiger partial charge in [0.1, 0.15) is 6.04 Å². The lowest BCUT2D eigenvalue weighted by Crippen LogP contribution is -2.53. The molecule has 0 bridgehead atoms. The fraction of sp³-hybridized carbons (Fsp3) is 0.727. The van der Waals surface area contributed by atoms with Crippen LogP contribution in [-0.2, 0) is 24.0 Å². The van der Waals surface area contributed by atoms with Gasteiger partial charge in [-0.3, -0.25) is 28.9 Å². The lowest BCUT2D eigenvalue weighted by molar-refractivity contribution is -0.138. The number of imide groups is 1. The lowest BCUT2D eigenvalue weighted by Gasteiger charge is -2.24. The highest BCUT2D eigenvalue weighted by Crippen LogP contribution is 2.21. The number of urea groups is 1. The Kier molecular flexibility index (Phi) is 13.0. The molecule has 5 N–H and O–H groups in total. The second-order valence-electron chi connectivity index (χ2n) is 8.76. The Morgan fingerprint density at radius 3 is 2.29 bits per heavy atom. The Morgan fingerprint density at radius 1 is 1.09 bits per heavy atom. The van der Waals surface area contributed by atoms with E-state index < -0.39 is 24.0 Å². The normalized spacial score (nSPS) is 17.4. The number of nitrogens with zero attached hydrogens (tertiary/aromatic N) is 1. The molecule has 1 heterocycles. The Balaban J connectivity index is 2.44. The maximum Gasteiger partial charge on any atom is 0.312 e. The average molecular weight is 593 g/mol. The number of carbonyl (C=O) groups excluding carboxylic acids is 6. The summed E-state index contributed by atoms with van der Waals surface area (Å²) in [5.74, 6) is -1.43. The fourth-order valence-corrected chi connectivity index (χ4v) is 4.26. The summed E-state index contributed by atoms with van der Waals surface area (Å²) >= 11 is 1.97. The zero-order chi connectivity index (χ0) is 25.8. The molecule has 11 nitrogen and oxygen atoms in total. The van der Waals surface area contributed by atoms with Gasteiger partial charge in [0.25, 0.3) is 0 Å². The van der Waals surface area contributed by atoms with Gasteiger partial charge in [-0.2, -0.15) is 0 Å². The molecule has 0 aromatic heterocycles. The van der Waals surface area contributed by atoms with Crippen molar-refractivity contribution >= 4 is 58.0 Å². The van der Waals surface area contributed by atoms with E-state index in [1.807, 2.05) is 22.6 Å². The predicted molar refractivity (Wildman–Crippen MR) is 134 cm³/mol. The number of primary amides is 1. The van der Waals surface area contributed by atoms with Crippen LogP contribution in [0.2, 0.25) is 0 Å². The number of amides is 6. The summed E-state index contributed by atoms with van der Waals surface area (Å²) in [5, 5.41) is 7.87. The van der Waals surface area contributed by atoms with E-state index in [9.17, 15) is 28.8 Å². The first-order valence-electron chi connectivity index (χ1n) is 11.6. The van der Waals surface area contributed by atoms with E-state index in [4.69, 9.17) is 5.73 Å². The zero-order valence-electron chi connectivity index (χ0n) is 20.0. The molecule has 1 rings (SSSR count). The molecule has 192 valence electrons. The highest BCUT2D eigenvalue weighted by Gasteiger charge is 2.36.